The van der Waals surface area contributed by atoms with Crippen LogP contribution in [0.3, 0.4) is 0 Å². The van der Waals surface area contributed by atoms with Crippen molar-refractivity contribution in [3.8, 4) is 0 Å². The van der Waals surface area contributed by atoms with Crippen LogP contribution in [-0.2, 0) is 4.74 Å². The maximum absolute atomic E-state index is 13.1. The highest BCUT2D eigenvalue weighted by Gasteiger charge is 2.35. The monoisotopic (exact) mass is 361 g/mol. The van der Waals surface area contributed by atoms with Crippen LogP contribution in [0.25, 0.3) is 0 Å². The summed E-state index contributed by atoms with van der Waals surface area (Å²) < 4.78 is 18.5. The number of hydrogen-bond acceptors (Lipinski definition) is 3. The summed E-state index contributed by atoms with van der Waals surface area (Å²) in [7, 11) is 0. The van der Waals surface area contributed by atoms with Gasteiger partial charge in [-0.25, -0.2) is 9.18 Å². The van der Waals surface area contributed by atoms with E-state index in [1.807, 2.05) is 17.0 Å². The predicted molar refractivity (Wildman–Crippen MR) is 98.8 cm³/mol. The SMILES string of the molecule is O=C(NC1CCN(c2ccc(F)cc2)CC1)N(C[C@@H]1CCOC1)C1CC1. The van der Waals surface area contributed by atoms with E-state index in [0.717, 1.165) is 70.6 Å². The second-order valence-electron chi connectivity index (χ2n) is 7.80. The number of urea groups is 1. The van der Waals surface area contributed by atoms with Gasteiger partial charge in [0.25, 0.3) is 0 Å². The lowest BCUT2D eigenvalue weighted by molar-refractivity contribution is 0.159. The number of rotatable bonds is 5. The van der Waals surface area contributed by atoms with Crippen LogP contribution >= 0.6 is 0 Å². The zero-order valence-corrected chi connectivity index (χ0v) is 15.2. The number of carbonyl (C=O) groups is 1. The summed E-state index contributed by atoms with van der Waals surface area (Å²) in [5.41, 5.74) is 1.05. The highest BCUT2D eigenvalue weighted by atomic mass is 19.1. The van der Waals surface area contributed by atoms with Crippen LogP contribution in [0.4, 0.5) is 14.9 Å². The first-order valence-corrected chi connectivity index (χ1v) is 9.84. The number of halogens is 1. The van der Waals surface area contributed by atoms with E-state index in [2.05, 4.69) is 10.2 Å². The Hall–Kier alpha value is -1.82. The molecule has 0 aromatic heterocycles. The van der Waals surface area contributed by atoms with Crippen molar-refractivity contribution in [2.24, 2.45) is 5.92 Å². The average Bonchev–Trinajstić information content (AvgIpc) is 3.36. The standard InChI is InChI=1S/C20H28FN3O2/c21-16-1-3-18(4-2-16)23-10-7-17(8-11-23)22-20(25)24(19-5-6-19)13-15-9-12-26-14-15/h1-4,15,17,19H,5-14H2,(H,22,25)/t15-/m0/s1. The maximum Gasteiger partial charge on any atom is 0.317 e. The summed E-state index contributed by atoms with van der Waals surface area (Å²) in [6.45, 7) is 4.21. The van der Waals surface area contributed by atoms with E-state index in [0.29, 0.717) is 12.0 Å². The Morgan fingerprint density at radius 1 is 1.15 bits per heavy atom. The van der Waals surface area contributed by atoms with Crippen LogP contribution in [0.2, 0.25) is 0 Å². The van der Waals surface area contributed by atoms with Crippen LogP contribution < -0.4 is 10.2 Å². The topological polar surface area (TPSA) is 44.8 Å². The fourth-order valence-electron chi connectivity index (χ4n) is 3.98. The molecule has 0 spiro atoms. The molecule has 0 bridgehead atoms. The summed E-state index contributed by atoms with van der Waals surface area (Å²) >= 11 is 0. The second kappa shape index (κ2) is 7.82. The molecule has 3 fully saturated rings. The van der Waals surface area contributed by atoms with Gasteiger partial charge in [-0.3, -0.25) is 0 Å². The predicted octanol–water partition coefficient (Wildman–Crippen LogP) is 3.01. The largest absolute Gasteiger partial charge is 0.381 e. The van der Waals surface area contributed by atoms with Crippen LogP contribution in [0.1, 0.15) is 32.1 Å². The Balaban J connectivity index is 1.27. The first-order chi connectivity index (χ1) is 12.7. The molecule has 1 atom stereocenters. The number of hydrogen-bond donors (Lipinski definition) is 1. The molecular formula is C20H28FN3O2. The third kappa shape index (κ3) is 4.29. The number of carbonyl (C=O) groups excluding carboxylic acids is 1. The highest BCUT2D eigenvalue weighted by Crippen LogP contribution is 2.29. The molecule has 1 N–H and O–H groups in total. The maximum atomic E-state index is 13.1. The van der Waals surface area contributed by atoms with Gasteiger partial charge in [-0.05, 0) is 56.4 Å². The van der Waals surface area contributed by atoms with Crippen LogP contribution in [0.15, 0.2) is 24.3 Å². The molecule has 1 aromatic rings. The fraction of sp³-hybridized carbons (Fsp3) is 0.650. The number of piperidine rings is 1. The van der Waals surface area contributed by atoms with Gasteiger partial charge in [-0.1, -0.05) is 0 Å². The lowest BCUT2D eigenvalue weighted by atomic mass is 10.0. The molecule has 4 rings (SSSR count). The second-order valence-corrected chi connectivity index (χ2v) is 7.80. The lowest BCUT2D eigenvalue weighted by Crippen LogP contribution is -2.51. The lowest BCUT2D eigenvalue weighted by Gasteiger charge is -2.35. The van der Waals surface area contributed by atoms with E-state index in [-0.39, 0.29) is 17.9 Å². The zero-order chi connectivity index (χ0) is 17.9. The minimum atomic E-state index is -0.205. The molecule has 3 aliphatic rings. The van der Waals surface area contributed by atoms with E-state index in [4.69, 9.17) is 4.74 Å². The van der Waals surface area contributed by atoms with Gasteiger partial charge >= 0.3 is 6.03 Å². The van der Waals surface area contributed by atoms with Crippen molar-refractivity contribution in [1.29, 1.82) is 0 Å². The molecule has 1 aromatic carbocycles. The molecular weight excluding hydrogens is 333 g/mol. The number of amides is 2. The van der Waals surface area contributed by atoms with Gasteiger partial charge < -0.3 is 19.9 Å². The van der Waals surface area contributed by atoms with Crippen LogP contribution in [-0.4, -0.2) is 55.9 Å². The number of ether oxygens (including phenoxy) is 1. The Bertz CT molecular complexity index is 606. The molecule has 5 nitrogen and oxygen atoms in total. The molecule has 2 saturated heterocycles. The Morgan fingerprint density at radius 2 is 1.88 bits per heavy atom. The molecule has 26 heavy (non-hydrogen) atoms. The Morgan fingerprint density at radius 3 is 2.50 bits per heavy atom. The van der Waals surface area contributed by atoms with Crippen LogP contribution in [0.5, 0.6) is 0 Å². The van der Waals surface area contributed by atoms with Gasteiger partial charge in [0.15, 0.2) is 0 Å². The zero-order valence-electron chi connectivity index (χ0n) is 15.2. The van der Waals surface area contributed by atoms with Gasteiger partial charge in [-0.2, -0.15) is 0 Å². The van der Waals surface area contributed by atoms with E-state index < -0.39 is 0 Å². The van der Waals surface area contributed by atoms with Crippen molar-refractivity contribution < 1.29 is 13.9 Å². The third-order valence-corrected chi connectivity index (χ3v) is 5.74. The molecule has 1 aliphatic carbocycles. The van der Waals surface area contributed by atoms with Crippen LogP contribution in [0, 0.1) is 11.7 Å². The molecule has 0 unspecified atom stereocenters. The molecule has 2 amide bonds. The highest BCUT2D eigenvalue weighted by molar-refractivity contribution is 5.75. The number of nitrogens with one attached hydrogen (secondary N) is 1. The smallest absolute Gasteiger partial charge is 0.317 e. The minimum absolute atomic E-state index is 0.0969. The van der Waals surface area contributed by atoms with Crippen molar-refractivity contribution in [3.63, 3.8) is 0 Å². The van der Waals surface area contributed by atoms with E-state index in [1.54, 1.807) is 0 Å². The summed E-state index contributed by atoms with van der Waals surface area (Å²) in [5.74, 6) is 0.283. The summed E-state index contributed by atoms with van der Waals surface area (Å²) in [5, 5.41) is 3.25. The minimum Gasteiger partial charge on any atom is -0.381 e. The quantitative estimate of drug-likeness (QED) is 0.877. The molecule has 0 radical (unpaired) electrons. The normalized spacial score (nSPS) is 23.9. The van der Waals surface area contributed by atoms with Gasteiger partial charge in [0.1, 0.15) is 5.82 Å². The van der Waals surface area contributed by atoms with Gasteiger partial charge in [-0.15, -0.1) is 0 Å². The third-order valence-electron chi connectivity index (χ3n) is 5.74. The van der Waals surface area contributed by atoms with Crippen molar-refractivity contribution in [2.75, 3.05) is 37.7 Å². The molecule has 2 aliphatic heterocycles. The van der Waals surface area contributed by atoms with E-state index in [9.17, 15) is 9.18 Å². The van der Waals surface area contributed by atoms with Gasteiger partial charge in [0.2, 0.25) is 0 Å². The van der Waals surface area contributed by atoms with Gasteiger partial charge in [0, 0.05) is 49.9 Å². The molecule has 1 saturated carbocycles. The average molecular weight is 361 g/mol. The number of anilines is 1. The van der Waals surface area contributed by atoms with E-state index >= 15 is 0 Å². The number of nitrogens with zero attached hydrogens (tertiary/aromatic N) is 2. The van der Waals surface area contributed by atoms with Crippen molar-refractivity contribution >= 4 is 11.7 Å². The molecule has 6 heteroatoms. The first-order valence-electron chi connectivity index (χ1n) is 9.84. The van der Waals surface area contributed by atoms with Gasteiger partial charge in [0.05, 0.1) is 6.61 Å². The Kier molecular flexibility index (Phi) is 5.29. The summed E-state index contributed by atoms with van der Waals surface area (Å²) in [6, 6.07) is 7.40. The first kappa shape index (κ1) is 17.6. The van der Waals surface area contributed by atoms with Crippen molar-refractivity contribution in [1.82, 2.24) is 10.2 Å². The Labute approximate surface area is 154 Å². The van der Waals surface area contributed by atoms with E-state index in [1.165, 1.54) is 12.1 Å². The number of benzene rings is 1. The molecule has 2 heterocycles. The van der Waals surface area contributed by atoms with Crippen molar-refractivity contribution in [2.45, 2.75) is 44.2 Å². The molecule has 142 valence electrons. The summed E-state index contributed by atoms with van der Waals surface area (Å²) in [6.07, 6.45) is 5.17. The van der Waals surface area contributed by atoms with Crippen molar-refractivity contribution in [3.05, 3.63) is 30.1 Å². The fourth-order valence-corrected chi connectivity index (χ4v) is 3.98. The summed E-state index contributed by atoms with van der Waals surface area (Å²) in [4.78, 5) is 17.1.